The summed E-state index contributed by atoms with van der Waals surface area (Å²) in [5.74, 6) is 1.63. The molecule has 1 aromatic heterocycles. The van der Waals surface area contributed by atoms with Crippen LogP contribution in [0.5, 0.6) is 11.5 Å². The zero-order valence-electron chi connectivity index (χ0n) is 12.5. The van der Waals surface area contributed by atoms with Gasteiger partial charge in [0.1, 0.15) is 0 Å². The third-order valence-corrected chi connectivity index (χ3v) is 4.45. The Labute approximate surface area is 129 Å². The van der Waals surface area contributed by atoms with Gasteiger partial charge >= 0.3 is 0 Å². The van der Waals surface area contributed by atoms with Crippen molar-refractivity contribution in [3.05, 3.63) is 47.8 Å². The minimum Gasteiger partial charge on any atom is -0.454 e. The lowest BCUT2D eigenvalue weighted by molar-refractivity contribution is -0.133. The Bertz CT molecular complexity index is 722. The van der Waals surface area contributed by atoms with Crippen molar-refractivity contribution in [2.45, 2.75) is 25.9 Å². The number of carbonyl (C=O) groups excluding carboxylic acids is 1. The number of nitrogens with zero attached hydrogens (tertiary/aromatic N) is 2. The molecule has 2 aliphatic rings. The number of rotatable bonds is 2. The van der Waals surface area contributed by atoms with E-state index in [9.17, 15) is 4.79 Å². The summed E-state index contributed by atoms with van der Waals surface area (Å²) in [6.07, 6.45) is 2.47. The van der Waals surface area contributed by atoms with Crippen molar-refractivity contribution in [3.63, 3.8) is 0 Å². The van der Waals surface area contributed by atoms with Gasteiger partial charge in [-0.25, -0.2) is 0 Å². The molecule has 0 aliphatic carbocycles. The minimum absolute atomic E-state index is 0.116. The molecule has 1 unspecified atom stereocenters. The smallest absolute Gasteiger partial charge is 0.231 e. The van der Waals surface area contributed by atoms with Gasteiger partial charge in [-0.1, -0.05) is 6.07 Å². The predicted molar refractivity (Wildman–Crippen MR) is 80.8 cm³/mol. The van der Waals surface area contributed by atoms with E-state index in [1.807, 2.05) is 29.2 Å². The molecule has 0 saturated carbocycles. The first-order valence-electron chi connectivity index (χ1n) is 7.55. The fourth-order valence-corrected chi connectivity index (χ4v) is 3.25. The van der Waals surface area contributed by atoms with Crippen LogP contribution in [0.25, 0.3) is 0 Å². The second-order valence-electron chi connectivity index (χ2n) is 5.75. The van der Waals surface area contributed by atoms with E-state index in [4.69, 9.17) is 9.47 Å². The van der Waals surface area contributed by atoms with E-state index in [-0.39, 0.29) is 18.7 Å². The summed E-state index contributed by atoms with van der Waals surface area (Å²) in [6, 6.07) is 9.95. The molecular formula is C17H18N2O3. The summed E-state index contributed by atoms with van der Waals surface area (Å²) in [6.45, 7) is 3.96. The summed E-state index contributed by atoms with van der Waals surface area (Å²) in [5, 5.41) is 0. The fourth-order valence-electron chi connectivity index (χ4n) is 3.25. The molecule has 0 fully saturated rings. The predicted octanol–water partition coefficient (Wildman–Crippen LogP) is 2.36. The van der Waals surface area contributed by atoms with Crippen molar-refractivity contribution in [3.8, 4) is 11.5 Å². The number of hydrogen-bond acceptors (Lipinski definition) is 3. The summed E-state index contributed by atoms with van der Waals surface area (Å²) >= 11 is 0. The van der Waals surface area contributed by atoms with E-state index < -0.39 is 0 Å². The molecule has 0 radical (unpaired) electrons. The average Bonchev–Trinajstić information content (AvgIpc) is 3.15. The van der Waals surface area contributed by atoms with Crippen LogP contribution >= 0.6 is 0 Å². The number of ether oxygens (including phenoxy) is 2. The maximum atomic E-state index is 12.7. The minimum atomic E-state index is 0.116. The molecule has 0 N–H and O–H groups in total. The fraction of sp³-hybridized carbons (Fsp3) is 0.353. The van der Waals surface area contributed by atoms with E-state index in [0.717, 1.165) is 30.2 Å². The monoisotopic (exact) mass is 298 g/mol. The van der Waals surface area contributed by atoms with E-state index >= 15 is 0 Å². The zero-order valence-corrected chi connectivity index (χ0v) is 12.5. The lowest BCUT2D eigenvalue weighted by atomic mass is 10.1. The Kier molecular flexibility index (Phi) is 3.06. The van der Waals surface area contributed by atoms with E-state index in [1.165, 1.54) is 5.69 Å². The Morgan fingerprint density at radius 3 is 3.00 bits per heavy atom. The Morgan fingerprint density at radius 2 is 2.09 bits per heavy atom. The number of hydrogen-bond donors (Lipinski definition) is 0. The van der Waals surface area contributed by atoms with Gasteiger partial charge in [0.05, 0.1) is 12.5 Å². The van der Waals surface area contributed by atoms with E-state index in [1.54, 1.807) is 0 Å². The van der Waals surface area contributed by atoms with Crippen LogP contribution in [0.4, 0.5) is 0 Å². The van der Waals surface area contributed by atoms with Gasteiger partial charge < -0.3 is 18.9 Å². The lowest BCUT2D eigenvalue weighted by Crippen LogP contribution is -2.41. The molecule has 2 aromatic rings. The van der Waals surface area contributed by atoms with E-state index in [0.29, 0.717) is 6.42 Å². The quantitative estimate of drug-likeness (QED) is 0.855. The first-order chi connectivity index (χ1) is 10.7. The molecule has 0 spiro atoms. The van der Waals surface area contributed by atoms with Crippen LogP contribution in [0.1, 0.15) is 24.2 Å². The molecule has 4 rings (SSSR count). The molecule has 22 heavy (non-hydrogen) atoms. The molecule has 3 heterocycles. The van der Waals surface area contributed by atoms with E-state index in [2.05, 4.69) is 23.8 Å². The van der Waals surface area contributed by atoms with Crippen molar-refractivity contribution in [2.24, 2.45) is 0 Å². The molecule has 5 heteroatoms. The van der Waals surface area contributed by atoms with Crippen molar-refractivity contribution < 1.29 is 14.3 Å². The highest BCUT2D eigenvalue weighted by Gasteiger charge is 2.27. The molecule has 0 saturated heterocycles. The van der Waals surface area contributed by atoms with Crippen molar-refractivity contribution in [2.75, 3.05) is 13.3 Å². The highest BCUT2D eigenvalue weighted by atomic mass is 16.7. The van der Waals surface area contributed by atoms with Crippen molar-refractivity contribution >= 4 is 5.91 Å². The third kappa shape index (κ3) is 2.13. The molecule has 1 atom stereocenters. The second-order valence-corrected chi connectivity index (χ2v) is 5.75. The zero-order chi connectivity index (χ0) is 15.1. The summed E-state index contributed by atoms with van der Waals surface area (Å²) < 4.78 is 12.9. The van der Waals surface area contributed by atoms with Gasteiger partial charge in [0.15, 0.2) is 11.5 Å². The third-order valence-electron chi connectivity index (χ3n) is 4.45. The summed E-state index contributed by atoms with van der Waals surface area (Å²) in [7, 11) is 0. The maximum absolute atomic E-state index is 12.7. The van der Waals surface area contributed by atoms with Gasteiger partial charge in [0, 0.05) is 25.0 Å². The van der Waals surface area contributed by atoms with Crippen LogP contribution in [-0.4, -0.2) is 28.7 Å². The molecule has 0 bridgehead atoms. The van der Waals surface area contributed by atoms with Crippen LogP contribution in [0, 0.1) is 0 Å². The number of amides is 1. The number of fused-ring (bicyclic) bond motifs is 2. The molecule has 1 aromatic carbocycles. The molecule has 5 nitrogen and oxygen atoms in total. The Balaban J connectivity index is 1.51. The second kappa shape index (κ2) is 5.09. The van der Waals surface area contributed by atoms with Gasteiger partial charge in [0.2, 0.25) is 12.7 Å². The summed E-state index contributed by atoms with van der Waals surface area (Å²) in [5.41, 5.74) is 2.16. The Morgan fingerprint density at radius 1 is 1.23 bits per heavy atom. The van der Waals surface area contributed by atoms with Gasteiger partial charge in [-0.05, 0) is 36.8 Å². The highest BCUT2D eigenvalue weighted by Crippen LogP contribution is 2.33. The van der Waals surface area contributed by atoms with Gasteiger partial charge in [0.25, 0.3) is 0 Å². The van der Waals surface area contributed by atoms with Crippen LogP contribution in [0.2, 0.25) is 0 Å². The molecule has 1 amide bonds. The normalized spacial score (nSPS) is 19.1. The maximum Gasteiger partial charge on any atom is 0.231 e. The molecule has 2 aliphatic heterocycles. The standard InChI is InChI=1S/C17H18N2O3/c1-12-14-3-2-6-18(14)7-8-19(12)17(20)10-13-4-5-15-16(9-13)22-11-21-15/h2-6,9,12H,7-8,10-11H2,1H3. The average molecular weight is 298 g/mol. The van der Waals surface area contributed by atoms with Crippen LogP contribution in [0.15, 0.2) is 36.5 Å². The highest BCUT2D eigenvalue weighted by molar-refractivity contribution is 5.79. The largest absolute Gasteiger partial charge is 0.454 e. The van der Waals surface area contributed by atoms with Crippen LogP contribution < -0.4 is 9.47 Å². The topological polar surface area (TPSA) is 43.7 Å². The lowest BCUT2D eigenvalue weighted by Gasteiger charge is -2.35. The van der Waals surface area contributed by atoms with Gasteiger partial charge in [-0.15, -0.1) is 0 Å². The Hall–Kier alpha value is -2.43. The number of aromatic nitrogens is 1. The number of benzene rings is 1. The molecule has 114 valence electrons. The first kappa shape index (κ1) is 13.2. The SMILES string of the molecule is CC1c2cccn2CCN1C(=O)Cc1ccc2c(c1)OCO2. The number of carbonyl (C=O) groups is 1. The van der Waals surface area contributed by atoms with Crippen molar-refractivity contribution in [1.29, 1.82) is 0 Å². The van der Waals surface area contributed by atoms with Crippen LogP contribution in [0.3, 0.4) is 0 Å². The summed E-state index contributed by atoms with van der Waals surface area (Å²) in [4.78, 5) is 14.6. The van der Waals surface area contributed by atoms with Gasteiger partial charge in [-0.3, -0.25) is 4.79 Å². The first-order valence-corrected chi connectivity index (χ1v) is 7.55. The molecular weight excluding hydrogens is 280 g/mol. The van der Waals surface area contributed by atoms with Crippen LogP contribution in [-0.2, 0) is 17.8 Å². The van der Waals surface area contributed by atoms with Crippen molar-refractivity contribution in [1.82, 2.24) is 9.47 Å². The van der Waals surface area contributed by atoms with Gasteiger partial charge in [-0.2, -0.15) is 0 Å².